The van der Waals surface area contributed by atoms with Crippen LogP contribution in [0.25, 0.3) is 10.4 Å². The maximum atomic E-state index is 14.7. The maximum Gasteiger partial charge on any atom is 0.258 e. The van der Waals surface area contributed by atoms with E-state index in [1.54, 1.807) is 55.7 Å². The standard InChI is InChI=1S/C54H68ClFN10O7S2/c1-32-46(74-31-61-32)33-9-10-34(26-60-48(70)38-22-35(67)29-66(38)49(71)47(51(2,3)4)63-50(72)54(56)11-12-54)39(21-33)73-36-24-53(25-36)15-19-65(20-16-53)44(69)23-42(68)62-37-7-6-8-40(45(37)55)75-43-28-58-41(27-59-43)64-17-13-52(5,30-57)14-18-64/h6-10,21,27-28,31,35-36,38,47,67H,11-20,22-26,29-30,57H2,1-5H3,(H,60,70)(H,62,68)(H,63,72)/t35?,38?,47-/m1/s1. The fraction of sp³-hybridized carbons (Fsp3) is 0.556. The number of carbonyl (C=O) groups excluding carboxylic acids is 5. The van der Waals surface area contributed by atoms with Gasteiger partial charge in [-0.1, -0.05) is 69.3 Å². The molecule has 2 unspecified atom stereocenters. The average Bonchev–Trinajstić information content (AvgIpc) is 3.78. The summed E-state index contributed by atoms with van der Waals surface area (Å²) in [6.45, 7) is 12.9. The van der Waals surface area contributed by atoms with Gasteiger partial charge in [0.25, 0.3) is 5.91 Å². The van der Waals surface area contributed by atoms with Crippen molar-refractivity contribution in [2.75, 3.05) is 49.5 Å². The number of hydrogen-bond donors (Lipinski definition) is 5. The Labute approximate surface area is 450 Å². The van der Waals surface area contributed by atoms with Crippen LogP contribution in [0, 0.1) is 23.2 Å². The normalized spacial score (nSPS) is 21.3. The maximum absolute atomic E-state index is 14.7. The molecule has 2 aliphatic carbocycles. The summed E-state index contributed by atoms with van der Waals surface area (Å²) in [6.07, 6.45) is 7.37. The van der Waals surface area contributed by atoms with Gasteiger partial charge in [0, 0.05) is 56.1 Å². The van der Waals surface area contributed by atoms with Gasteiger partial charge in [0.1, 0.15) is 35.1 Å². The molecule has 0 radical (unpaired) electrons. The molecule has 9 rings (SSSR count). The SMILES string of the molecule is Cc1ncsc1-c1ccc(CNC(=O)C2CC(O)CN2C(=O)[C@@H](NC(=O)C2(F)CC2)C(C)(C)C)c(OC2CC3(CCN(C(=O)CC(=O)Nc4cccc(Sc5cnc(N6CCC(C)(CN)CC6)cn5)c4Cl)CC3)C2)c1. The van der Waals surface area contributed by atoms with Gasteiger partial charge in [-0.2, -0.15) is 0 Å². The predicted octanol–water partition coefficient (Wildman–Crippen LogP) is 7.07. The number of halogens is 2. The lowest BCUT2D eigenvalue weighted by Gasteiger charge is -2.51. The van der Waals surface area contributed by atoms with E-state index in [2.05, 4.69) is 42.7 Å². The number of amides is 5. The lowest BCUT2D eigenvalue weighted by Crippen LogP contribution is -2.59. The molecule has 5 amide bonds. The number of aliphatic hydroxyl groups is 1. The van der Waals surface area contributed by atoms with Gasteiger partial charge in [-0.15, -0.1) is 11.3 Å². The van der Waals surface area contributed by atoms with Crippen LogP contribution in [-0.2, 0) is 30.5 Å². The van der Waals surface area contributed by atoms with Crippen LogP contribution in [0.3, 0.4) is 0 Å². The van der Waals surface area contributed by atoms with Gasteiger partial charge < -0.3 is 46.2 Å². The summed E-state index contributed by atoms with van der Waals surface area (Å²) in [5, 5.41) is 20.1. The number of carbonyl (C=O) groups is 5. The second-order valence-corrected chi connectivity index (χ2v) is 24.9. The molecule has 6 N–H and O–H groups in total. The molecule has 1 spiro atoms. The average molecular weight is 1090 g/mol. The first-order valence-corrected chi connectivity index (χ1v) is 28.0. The number of aromatic nitrogens is 3. The van der Waals surface area contributed by atoms with E-state index in [-0.39, 0.29) is 61.6 Å². The van der Waals surface area contributed by atoms with Crippen molar-refractivity contribution in [2.24, 2.45) is 22.0 Å². The van der Waals surface area contributed by atoms with E-state index in [1.807, 2.05) is 31.2 Å². The van der Waals surface area contributed by atoms with Crippen molar-refractivity contribution in [3.8, 4) is 16.2 Å². The van der Waals surface area contributed by atoms with E-state index in [1.165, 1.54) is 28.0 Å². The molecule has 5 fully saturated rings. The van der Waals surface area contributed by atoms with Gasteiger partial charge in [-0.05, 0) is 105 Å². The highest BCUT2D eigenvalue weighted by Crippen LogP contribution is 2.51. The van der Waals surface area contributed by atoms with Crippen LogP contribution >= 0.6 is 34.7 Å². The number of nitrogens with one attached hydrogen (secondary N) is 3. The van der Waals surface area contributed by atoms with E-state index in [4.69, 9.17) is 22.1 Å². The van der Waals surface area contributed by atoms with Crippen molar-refractivity contribution >= 4 is 75.7 Å². The van der Waals surface area contributed by atoms with Gasteiger partial charge in [-0.25, -0.2) is 19.3 Å². The summed E-state index contributed by atoms with van der Waals surface area (Å²) in [5.74, 6) is -1.14. The van der Waals surface area contributed by atoms with E-state index < -0.39 is 52.9 Å². The molecule has 2 saturated carbocycles. The summed E-state index contributed by atoms with van der Waals surface area (Å²) >= 11 is 9.66. The Hall–Kier alpha value is -5.41. The minimum atomic E-state index is -1.99. The molecule has 3 aliphatic heterocycles. The number of hydrogen-bond acceptors (Lipinski definition) is 14. The van der Waals surface area contributed by atoms with E-state index >= 15 is 0 Å². The summed E-state index contributed by atoms with van der Waals surface area (Å²) in [6, 6.07) is 9.06. The number of anilines is 2. The number of rotatable bonds is 16. The molecule has 0 bridgehead atoms. The lowest BCUT2D eigenvalue weighted by atomic mass is 9.61. The Morgan fingerprint density at radius 3 is 2.37 bits per heavy atom. The number of piperidine rings is 2. The smallest absolute Gasteiger partial charge is 0.258 e. The van der Waals surface area contributed by atoms with E-state index in [9.17, 15) is 33.5 Å². The number of β-amino-alcohol motifs (C(OH)–C–C–N with tert-alkyl or cyclic N) is 1. The molecule has 3 atom stereocenters. The minimum absolute atomic E-state index is 0.00863. The summed E-state index contributed by atoms with van der Waals surface area (Å²) in [4.78, 5) is 88.1. The number of nitrogens with two attached hydrogens (primary N) is 1. The number of aliphatic hydroxyl groups excluding tert-OH is 1. The van der Waals surface area contributed by atoms with Gasteiger partial charge >= 0.3 is 0 Å². The Bertz CT molecular complexity index is 2780. The molecule has 75 heavy (non-hydrogen) atoms. The molecule has 402 valence electrons. The Kier molecular flexibility index (Phi) is 15.9. The second-order valence-electron chi connectivity index (χ2n) is 22.6. The highest BCUT2D eigenvalue weighted by Gasteiger charge is 2.54. The number of benzene rings is 2. The third kappa shape index (κ3) is 12.4. The first-order chi connectivity index (χ1) is 35.6. The predicted molar refractivity (Wildman–Crippen MR) is 286 cm³/mol. The Morgan fingerprint density at radius 2 is 1.73 bits per heavy atom. The first kappa shape index (κ1) is 54.4. The largest absolute Gasteiger partial charge is 0.490 e. The van der Waals surface area contributed by atoms with Gasteiger partial charge in [-0.3, -0.25) is 24.0 Å². The highest BCUT2D eigenvalue weighted by molar-refractivity contribution is 7.99. The molecule has 5 heterocycles. The van der Waals surface area contributed by atoms with Gasteiger partial charge in [0.05, 0.1) is 51.4 Å². The monoisotopic (exact) mass is 1090 g/mol. The van der Waals surface area contributed by atoms with Crippen LogP contribution < -0.4 is 31.3 Å². The number of thiazole rings is 1. The molecule has 17 nitrogen and oxygen atoms in total. The van der Waals surface area contributed by atoms with Crippen molar-refractivity contribution < 1.29 is 38.2 Å². The van der Waals surface area contributed by atoms with Crippen LogP contribution in [0.15, 0.2) is 64.2 Å². The molecule has 3 saturated heterocycles. The number of aryl methyl sites for hydroxylation is 1. The second kappa shape index (κ2) is 21.9. The van der Waals surface area contributed by atoms with Crippen molar-refractivity contribution in [1.29, 1.82) is 0 Å². The first-order valence-electron chi connectivity index (χ1n) is 25.9. The summed E-state index contributed by atoms with van der Waals surface area (Å²) in [5.41, 5.74) is 8.06. The fourth-order valence-electron chi connectivity index (χ4n) is 10.6. The molecule has 5 aliphatic rings. The zero-order valence-corrected chi connectivity index (χ0v) is 45.6. The van der Waals surface area contributed by atoms with Crippen molar-refractivity contribution in [3.05, 3.63) is 70.6 Å². The van der Waals surface area contributed by atoms with Crippen molar-refractivity contribution in [2.45, 2.75) is 145 Å². The zero-order chi connectivity index (χ0) is 53.5. The molecule has 2 aromatic heterocycles. The third-order valence-electron chi connectivity index (χ3n) is 15.8. The zero-order valence-electron chi connectivity index (χ0n) is 43.3. The lowest BCUT2D eigenvalue weighted by molar-refractivity contribution is -0.145. The molecule has 2 aromatic carbocycles. The minimum Gasteiger partial charge on any atom is -0.490 e. The fourth-order valence-corrected chi connectivity index (χ4v) is 12.5. The third-order valence-corrected chi connectivity index (χ3v) is 18.3. The van der Waals surface area contributed by atoms with Crippen LogP contribution in [0.4, 0.5) is 15.9 Å². The Morgan fingerprint density at radius 1 is 1.00 bits per heavy atom. The van der Waals surface area contributed by atoms with Crippen LogP contribution in [-0.4, -0.2) is 129 Å². The van der Waals surface area contributed by atoms with Crippen LogP contribution in [0.2, 0.25) is 5.02 Å². The number of alkyl halides is 1. The quantitative estimate of drug-likeness (QED) is 0.0709. The number of ether oxygens (including phenoxy) is 1. The molecular formula is C54H68ClFN10O7S2. The van der Waals surface area contributed by atoms with E-state index in [0.717, 1.165) is 79.1 Å². The summed E-state index contributed by atoms with van der Waals surface area (Å²) < 4.78 is 21.4. The summed E-state index contributed by atoms with van der Waals surface area (Å²) in [7, 11) is 0. The molecule has 4 aromatic rings. The number of nitrogens with zero attached hydrogens (tertiary/aromatic N) is 6. The van der Waals surface area contributed by atoms with Gasteiger partial charge in [0.2, 0.25) is 23.6 Å². The molecular weight excluding hydrogens is 1020 g/mol. The topological polar surface area (TPSA) is 225 Å². The van der Waals surface area contributed by atoms with Crippen molar-refractivity contribution in [1.82, 2.24) is 35.4 Å². The Balaban J connectivity index is 0.768. The van der Waals surface area contributed by atoms with Crippen LogP contribution in [0.5, 0.6) is 5.75 Å². The van der Waals surface area contributed by atoms with Crippen molar-refractivity contribution in [3.63, 3.8) is 0 Å². The van der Waals surface area contributed by atoms with Gasteiger partial charge in [0.15, 0.2) is 5.67 Å². The van der Waals surface area contributed by atoms with Crippen LogP contribution in [0.1, 0.15) is 103 Å². The highest BCUT2D eigenvalue weighted by atomic mass is 35.5. The molecule has 21 heteroatoms. The number of likely N-dealkylation sites (tertiary alicyclic amines) is 2. The van der Waals surface area contributed by atoms with E-state index in [0.29, 0.717) is 46.0 Å².